The molecule has 0 spiro atoms. The highest BCUT2D eigenvalue weighted by molar-refractivity contribution is 9.13. The molecule has 1 aliphatic carbocycles. The minimum absolute atomic E-state index is 0.469. The maximum atomic E-state index is 3.90. The first kappa shape index (κ1) is 13.6. The fourth-order valence-electron chi connectivity index (χ4n) is 2.59. The minimum Gasteiger partial charge on any atom is -0.131 e. The third-order valence-electron chi connectivity index (χ3n) is 3.63. The van der Waals surface area contributed by atoms with Crippen molar-refractivity contribution in [1.82, 2.24) is 0 Å². The molecule has 0 saturated heterocycles. The Morgan fingerprint density at radius 3 is 2.56 bits per heavy atom. The number of thiophene rings is 1. The summed E-state index contributed by atoms with van der Waals surface area (Å²) in [7, 11) is 0. The van der Waals surface area contributed by atoms with Crippen LogP contribution in [0.1, 0.15) is 42.8 Å². The molecule has 0 bridgehead atoms. The average Bonchev–Trinajstić information content (AvgIpc) is 2.70. The molecule has 2 atom stereocenters. The predicted octanol–water partition coefficient (Wildman–Crippen LogP) is 6.54. The Bertz CT molecular complexity index is 364. The summed E-state index contributed by atoms with van der Waals surface area (Å²) in [4.78, 5) is 1.93. The van der Waals surface area contributed by atoms with Gasteiger partial charge in [0.2, 0.25) is 0 Å². The van der Waals surface area contributed by atoms with Crippen LogP contribution in [0.15, 0.2) is 14.3 Å². The molecule has 1 fully saturated rings. The summed E-state index contributed by atoms with van der Waals surface area (Å²) in [6.07, 6.45) is 4.07. The Balaban J connectivity index is 2.22. The third kappa shape index (κ3) is 2.60. The Morgan fingerprint density at radius 1 is 1.44 bits per heavy atom. The van der Waals surface area contributed by atoms with Crippen LogP contribution >= 0.6 is 59.1 Å². The molecule has 90 valence electrons. The van der Waals surface area contributed by atoms with Crippen LogP contribution in [0.2, 0.25) is 0 Å². The van der Waals surface area contributed by atoms with E-state index in [1.807, 2.05) is 11.3 Å². The summed E-state index contributed by atoms with van der Waals surface area (Å²) in [5.74, 6) is 0.755. The second-order valence-electron chi connectivity index (χ2n) is 5.16. The van der Waals surface area contributed by atoms with E-state index in [4.69, 9.17) is 0 Å². The monoisotopic (exact) mass is 428 g/mol. The number of halogens is 3. The Labute approximate surface area is 127 Å². The van der Waals surface area contributed by atoms with Gasteiger partial charge in [-0.2, -0.15) is 0 Å². The van der Waals surface area contributed by atoms with Gasteiger partial charge in [-0.25, -0.2) is 0 Å². The Hall–Kier alpha value is 1.14. The zero-order valence-corrected chi connectivity index (χ0v) is 15.0. The van der Waals surface area contributed by atoms with Crippen LogP contribution in [0.3, 0.4) is 0 Å². The SMILES string of the molecule is CC1(C)CCCC1C(Br)c1cc(Br)c(Br)s1. The molecule has 16 heavy (non-hydrogen) atoms. The highest BCUT2D eigenvalue weighted by atomic mass is 79.9. The molecular formula is C12H15Br3S. The van der Waals surface area contributed by atoms with E-state index in [0.29, 0.717) is 10.2 Å². The molecular weight excluding hydrogens is 416 g/mol. The number of hydrogen-bond acceptors (Lipinski definition) is 1. The lowest BCUT2D eigenvalue weighted by atomic mass is 9.80. The fourth-order valence-corrected chi connectivity index (χ4v) is 6.12. The van der Waals surface area contributed by atoms with Crippen LogP contribution in [-0.4, -0.2) is 0 Å². The van der Waals surface area contributed by atoms with Crippen LogP contribution in [0, 0.1) is 11.3 Å². The summed E-state index contributed by atoms with van der Waals surface area (Å²) in [5, 5.41) is 0. The van der Waals surface area contributed by atoms with Gasteiger partial charge in [0, 0.05) is 9.35 Å². The Morgan fingerprint density at radius 2 is 2.12 bits per heavy atom. The van der Waals surface area contributed by atoms with Crippen LogP contribution in [0.25, 0.3) is 0 Å². The van der Waals surface area contributed by atoms with Gasteiger partial charge in [0.05, 0.1) is 8.61 Å². The molecule has 0 aromatic carbocycles. The summed E-state index contributed by atoms with van der Waals surface area (Å²) in [5.41, 5.74) is 0.469. The van der Waals surface area contributed by atoms with E-state index in [1.54, 1.807) is 0 Å². The second-order valence-corrected chi connectivity index (χ2v) is 9.40. The molecule has 0 radical (unpaired) electrons. The van der Waals surface area contributed by atoms with Crippen molar-refractivity contribution in [3.8, 4) is 0 Å². The van der Waals surface area contributed by atoms with Crippen molar-refractivity contribution in [2.24, 2.45) is 11.3 Å². The van der Waals surface area contributed by atoms with Gasteiger partial charge >= 0.3 is 0 Å². The van der Waals surface area contributed by atoms with Crippen molar-refractivity contribution < 1.29 is 0 Å². The van der Waals surface area contributed by atoms with E-state index >= 15 is 0 Å². The molecule has 1 aromatic heterocycles. The first-order chi connectivity index (χ1) is 7.42. The molecule has 1 heterocycles. The molecule has 4 heteroatoms. The van der Waals surface area contributed by atoms with Gasteiger partial charge < -0.3 is 0 Å². The van der Waals surface area contributed by atoms with Crippen molar-refractivity contribution in [2.45, 2.75) is 37.9 Å². The van der Waals surface area contributed by atoms with Gasteiger partial charge in [-0.05, 0) is 62.1 Å². The molecule has 2 unspecified atom stereocenters. The van der Waals surface area contributed by atoms with E-state index in [1.165, 1.54) is 32.4 Å². The molecule has 0 nitrogen and oxygen atoms in total. The first-order valence-corrected chi connectivity index (χ1v) is 8.82. The lowest BCUT2D eigenvalue weighted by molar-refractivity contribution is 0.258. The predicted molar refractivity (Wildman–Crippen MR) is 82.5 cm³/mol. The molecule has 1 aliphatic rings. The quantitative estimate of drug-likeness (QED) is 0.467. The fraction of sp³-hybridized carbons (Fsp3) is 0.667. The van der Waals surface area contributed by atoms with Crippen molar-refractivity contribution in [1.29, 1.82) is 0 Å². The van der Waals surface area contributed by atoms with Crippen molar-refractivity contribution in [3.63, 3.8) is 0 Å². The number of alkyl halides is 1. The van der Waals surface area contributed by atoms with Gasteiger partial charge in [-0.15, -0.1) is 11.3 Å². The number of rotatable bonds is 2. The van der Waals surface area contributed by atoms with E-state index in [-0.39, 0.29) is 0 Å². The van der Waals surface area contributed by atoms with Crippen LogP contribution in [0.4, 0.5) is 0 Å². The Kier molecular flexibility index (Phi) is 4.26. The van der Waals surface area contributed by atoms with Crippen molar-refractivity contribution >= 4 is 59.1 Å². The van der Waals surface area contributed by atoms with E-state index in [2.05, 4.69) is 67.7 Å². The van der Waals surface area contributed by atoms with Crippen molar-refractivity contribution in [3.05, 3.63) is 19.2 Å². The summed E-state index contributed by atoms with van der Waals surface area (Å²) >= 11 is 12.9. The summed E-state index contributed by atoms with van der Waals surface area (Å²) < 4.78 is 2.37. The topological polar surface area (TPSA) is 0 Å². The maximum Gasteiger partial charge on any atom is 0.0843 e. The van der Waals surface area contributed by atoms with Gasteiger partial charge in [0.15, 0.2) is 0 Å². The highest BCUT2D eigenvalue weighted by Crippen LogP contribution is 2.53. The second kappa shape index (κ2) is 5.02. The molecule has 1 saturated carbocycles. The average molecular weight is 431 g/mol. The number of hydrogen-bond donors (Lipinski definition) is 0. The molecule has 2 rings (SSSR count). The van der Waals surface area contributed by atoms with Crippen LogP contribution in [0.5, 0.6) is 0 Å². The lowest BCUT2D eigenvalue weighted by Gasteiger charge is -2.30. The highest BCUT2D eigenvalue weighted by Gasteiger charge is 2.39. The van der Waals surface area contributed by atoms with Gasteiger partial charge in [-0.3, -0.25) is 0 Å². The standard InChI is InChI=1S/C12H15Br3S/c1-12(2)5-3-4-7(12)10(14)9-6-8(13)11(15)16-9/h6-7,10H,3-5H2,1-2H3. The third-order valence-corrected chi connectivity index (χ3v) is 8.40. The molecule has 0 amide bonds. The summed E-state index contributed by atoms with van der Waals surface area (Å²) in [6, 6.07) is 2.24. The van der Waals surface area contributed by atoms with E-state index in [9.17, 15) is 0 Å². The normalized spacial score (nSPS) is 25.9. The van der Waals surface area contributed by atoms with Gasteiger partial charge in [0.25, 0.3) is 0 Å². The zero-order valence-electron chi connectivity index (χ0n) is 9.40. The van der Waals surface area contributed by atoms with Crippen LogP contribution < -0.4 is 0 Å². The minimum atomic E-state index is 0.469. The molecule has 0 N–H and O–H groups in total. The van der Waals surface area contributed by atoms with Crippen LogP contribution in [-0.2, 0) is 0 Å². The zero-order chi connectivity index (χ0) is 11.9. The molecule has 0 aliphatic heterocycles. The van der Waals surface area contributed by atoms with Gasteiger partial charge in [0.1, 0.15) is 0 Å². The lowest BCUT2D eigenvalue weighted by Crippen LogP contribution is -2.20. The van der Waals surface area contributed by atoms with E-state index < -0.39 is 0 Å². The van der Waals surface area contributed by atoms with E-state index in [0.717, 1.165) is 5.92 Å². The first-order valence-electron chi connectivity index (χ1n) is 5.50. The largest absolute Gasteiger partial charge is 0.131 e. The smallest absolute Gasteiger partial charge is 0.0843 e. The van der Waals surface area contributed by atoms with Crippen molar-refractivity contribution in [2.75, 3.05) is 0 Å². The maximum absolute atomic E-state index is 3.90. The summed E-state index contributed by atoms with van der Waals surface area (Å²) in [6.45, 7) is 4.80. The van der Waals surface area contributed by atoms with Gasteiger partial charge in [-0.1, -0.05) is 36.2 Å². The molecule has 1 aromatic rings.